The number of aromatic carboxylic acids is 1. The van der Waals surface area contributed by atoms with E-state index in [1.165, 1.54) is 0 Å². The first kappa shape index (κ1) is 16.0. The van der Waals surface area contributed by atoms with Gasteiger partial charge in [-0.1, -0.05) is 31.9 Å². The fourth-order valence-electron chi connectivity index (χ4n) is 2.02. The lowest BCUT2D eigenvalue weighted by molar-refractivity contribution is 0.0697. The van der Waals surface area contributed by atoms with E-state index < -0.39 is 5.97 Å². The van der Waals surface area contributed by atoms with Gasteiger partial charge in [0.25, 0.3) is 0 Å². The summed E-state index contributed by atoms with van der Waals surface area (Å²) in [5.41, 5.74) is 1.07. The van der Waals surface area contributed by atoms with Gasteiger partial charge in [0.2, 0.25) is 0 Å². The van der Waals surface area contributed by atoms with Gasteiger partial charge in [-0.05, 0) is 31.9 Å². The molecule has 2 amide bonds. The average Bonchev–Trinajstić information content (AvgIpc) is 2.35. The first-order valence-electron chi connectivity index (χ1n) is 6.86. The number of amides is 2. The summed E-state index contributed by atoms with van der Waals surface area (Å²) in [4.78, 5) is 23.1. The van der Waals surface area contributed by atoms with Crippen molar-refractivity contribution < 1.29 is 14.7 Å². The Bertz CT molecular complexity index is 486. The zero-order valence-corrected chi connectivity index (χ0v) is 12.2. The molecule has 20 heavy (non-hydrogen) atoms. The van der Waals surface area contributed by atoms with E-state index in [1.807, 2.05) is 6.92 Å². The minimum atomic E-state index is -1.04. The van der Waals surface area contributed by atoms with Crippen LogP contribution in [0.3, 0.4) is 0 Å². The summed E-state index contributed by atoms with van der Waals surface area (Å²) in [6.45, 7) is 5.73. The minimum Gasteiger partial charge on any atom is -0.478 e. The molecule has 0 radical (unpaired) electrons. The van der Waals surface area contributed by atoms with Crippen LogP contribution in [0.4, 0.5) is 10.5 Å². The van der Waals surface area contributed by atoms with E-state index in [0.29, 0.717) is 11.3 Å². The van der Waals surface area contributed by atoms with Gasteiger partial charge >= 0.3 is 12.0 Å². The summed E-state index contributed by atoms with van der Waals surface area (Å²) in [6, 6.07) is 4.70. The average molecular weight is 278 g/mol. The van der Waals surface area contributed by atoms with Crippen LogP contribution in [-0.2, 0) is 0 Å². The highest BCUT2D eigenvalue weighted by Gasteiger charge is 2.15. The normalized spacial score (nSPS) is 11.8. The predicted molar refractivity (Wildman–Crippen MR) is 79.3 cm³/mol. The number of urea groups is 1. The van der Waals surface area contributed by atoms with Crippen molar-refractivity contribution in [2.45, 2.75) is 46.1 Å². The molecule has 0 saturated carbocycles. The molecule has 0 aliphatic heterocycles. The summed E-state index contributed by atoms with van der Waals surface area (Å²) in [7, 11) is 0. The van der Waals surface area contributed by atoms with E-state index in [1.54, 1.807) is 25.1 Å². The van der Waals surface area contributed by atoms with E-state index >= 15 is 0 Å². The number of rotatable bonds is 6. The van der Waals surface area contributed by atoms with Gasteiger partial charge in [-0.25, -0.2) is 9.59 Å². The van der Waals surface area contributed by atoms with Crippen molar-refractivity contribution in [2.75, 3.05) is 5.32 Å². The number of nitrogens with one attached hydrogen (secondary N) is 2. The summed E-state index contributed by atoms with van der Waals surface area (Å²) in [5, 5.41) is 14.6. The van der Waals surface area contributed by atoms with E-state index in [-0.39, 0.29) is 17.6 Å². The highest BCUT2D eigenvalue weighted by atomic mass is 16.4. The second-order valence-electron chi connectivity index (χ2n) is 4.94. The number of carbonyl (C=O) groups is 2. The number of anilines is 1. The van der Waals surface area contributed by atoms with Crippen LogP contribution in [0.25, 0.3) is 0 Å². The van der Waals surface area contributed by atoms with Crippen LogP contribution < -0.4 is 10.6 Å². The Morgan fingerprint density at radius 2 is 2.05 bits per heavy atom. The highest BCUT2D eigenvalue weighted by Crippen LogP contribution is 2.19. The largest absolute Gasteiger partial charge is 0.478 e. The van der Waals surface area contributed by atoms with Crippen molar-refractivity contribution in [1.29, 1.82) is 0 Å². The van der Waals surface area contributed by atoms with Crippen molar-refractivity contribution in [1.82, 2.24) is 5.32 Å². The highest BCUT2D eigenvalue weighted by molar-refractivity contribution is 6.01. The third-order valence-electron chi connectivity index (χ3n) is 3.10. The van der Waals surface area contributed by atoms with Gasteiger partial charge in [0.1, 0.15) is 0 Å². The first-order valence-corrected chi connectivity index (χ1v) is 6.86. The lowest BCUT2D eigenvalue weighted by Crippen LogP contribution is -2.36. The summed E-state index contributed by atoms with van der Waals surface area (Å²) < 4.78 is 0. The van der Waals surface area contributed by atoms with Crippen LogP contribution in [0.5, 0.6) is 0 Å². The number of hydrogen-bond acceptors (Lipinski definition) is 2. The van der Waals surface area contributed by atoms with Crippen LogP contribution in [0, 0.1) is 6.92 Å². The second-order valence-corrected chi connectivity index (χ2v) is 4.94. The molecule has 1 aromatic rings. The fraction of sp³-hybridized carbons (Fsp3) is 0.467. The second kappa shape index (κ2) is 7.53. The Balaban J connectivity index is 2.71. The smallest absolute Gasteiger partial charge is 0.338 e. The molecular formula is C15H22N2O3. The molecule has 5 heteroatoms. The topological polar surface area (TPSA) is 78.4 Å². The number of carboxylic acid groups (broad SMARTS) is 1. The van der Waals surface area contributed by atoms with Crippen molar-refractivity contribution in [2.24, 2.45) is 0 Å². The van der Waals surface area contributed by atoms with Gasteiger partial charge in [-0.3, -0.25) is 0 Å². The van der Waals surface area contributed by atoms with Crippen LogP contribution in [0.15, 0.2) is 18.2 Å². The number of carbonyl (C=O) groups excluding carboxylic acids is 1. The SMILES string of the molecule is CCCCC(C)NC(=O)Nc1cccc(C)c1C(=O)O. The zero-order chi connectivity index (χ0) is 15.1. The molecule has 1 aromatic carbocycles. The van der Waals surface area contributed by atoms with Gasteiger partial charge in [0.15, 0.2) is 0 Å². The Labute approximate surface area is 119 Å². The summed E-state index contributed by atoms with van der Waals surface area (Å²) in [6.07, 6.45) is 3.03. The summed E-state index contributed by atoms with van der Waals surface area (Å²) in [5.74, 6) is -1.04. The standard InChI is InChI=1S/C15H22N2O3/c1-4-5-8-11(3)16-15(20)17-12-9-6-7-10(2)13(12)14(18)19/h6-7,9,11H,4-5,8H2,1-3H3,(H,18,19)(H2,16,17,20). The Hall–Kier alpha value is -2.04. The number of unbranched alkanes of at least 4 members (excludes halogenated alkanes) is 1. The van der Waals surface area contributed by atoms with Crippen molar-refractivity contribution >= 4 is 17.7 Å². The maximum atomic E-state index is 11.9. The van der Waals surface area contributed by atoms with Crippen molar-refractivity contribution in [3.05, 3.63) is 29.3 Å². The first-order chi connectivity index (χ1) is 9.45. The molecule has 0 heterocycles. The molecule has 0 bridgehead atoms. The van der Waals surface area contributed by atoms with E-state index in [9.17, 15) is 14.7 Å². The third-order valence-corrected chi connectivity index (χ3v) is 3.10. The van der Waals surface area contributed by atoms with Gasteiger partial charge in [-0.15, -0.1) is 0 Å². The molecule has 1 rings (SSSR count). The molecule has 0 fully saturated rings. The van der Waals surface area contributed by atoms with Gasteiger partial charge in [0, 0.05) is 6.04 Å². The molecule has 0 spiro atoms. The molecule has 5 nitrogen and oxygen atoms in total. The maximum Gasteiger partial charge on any atom is 0.338 e. The maximum absolute atomic E-state index is 11.9. The number of benzene rings is 1. The fourth-order valence-corrected chi connectivity index (χ4v) is 2.02. The van der Waals surface area contributed by atoms with Crippen molar-refractivity contribution in [3.63, 3.8) is 0 Å². The molecule has 110 valence electrons. The van der Waals surface area contributed by atoms with Crippen molar-refractivity contribution in [3.8, 4) is 0 Å². The lowest BCUT2D eigenvalue weighted by Gasteiger charge is -2.15. The van der Waals surface area contributed by atoms with E-state index in [2.05, 4.69) is 17.6 Å². The number of hydrogen-bond donors (Lipinski definition) is 3. The van der Waals surface area contributed by atoms with E-state index in [0.717, 1.165) is 19.3 Å². The lowest BCUT2D eigenvalue weighted by atomic mass is 10.1. The Morgan fingerprint density at radius 3 is 2.65 bits per heavy atom. The monoisotopic (exact) mass is 278 g/mol. The van der Waals surface area contributed by atoms with Gasteiger partial charge in [0.05, 0.1) is 11.3 Å². The molecule has 3 N–H and O–H groups in total. The molecular weight excluding hydrogens is 256 g/mol. The number of aryl methyl sites for hydroxylation is 1. The van der Waals surface area contributed by atoms with Gasteiger partial charge < -0.3 is 15.7 Å². The van der Waals surface area contributed by atoms with E-state index in [4.69, 9.17) is 0 Å². The van der Waals surface area contributed by atoms with Crippen LogP contribution in [0.1, 0.15) is 49.0 Å². The molecule has 1 atom stereocenters. The molecule has 0 aliphatic carbocycles. The van der Waals surface area contributed by atoms with Crippen LogP contribution in [-0.4, -0.2) is 23.1 Å². The molecule has 1 unspecified atom stereocenters. The third kappa shape index (κ3) is 4.57. The predicted octanol–water partition coefficient (Wildman–Crippen LogP) is 3.39. The minimum absolute atomic E-state index is 0.0630. The Kier molecular flexibility index (Phi) is 6.03. The zero-order valence-electron chi connectivity index (χ0n) is 12.2. The van der Waals surface area contributed by atoms with Crippen LogP contribution >= 0.6 is 0 Å². The molecule has 0 saturated heterocycles. The number of carboxylic acids is 1. The Morgan fingerprint density at radius 1 is 1.35 bits per heavy atom. The summed E-state index contributed by atoms with van der Waals surface area (Å²) >= 11 is 0. The van der Waals surface area contributed by atoms with Gasteiger partial charge in [-0.2, -0.15) is 0 Å². The quantitative estimate of drug-likeness (QED) is 0.746. The molecule has 0 aliphatic rings. The molecule has 0 aromatic heterocycles. The van der Waals surface area contributed by atoms with Crippen LogP contribution in [0.2, 0.25) is 0 Å².